The Balaban J connectivity index is 1.73. The van der Waals surface area contributed by atoms with E-state index in [9.17, 15) is 19.5 Å². The summed E-state index contributed by atoms with van der Waals surface area (Å²) in [6.45, 7) is 6.38. The summed E-state index contributed by atoms with van der Waals surface area (Å²) in [7, 11) is 1.69. The average Bonchev–Trinajstić information content (AvgIpc) is 3.39. The van der Waals surface area contributed by atoms with E-state index < -0.39 is 24.0 Å². The van der Waals surface area contributed by atoms with Crippen LogP contribution >= 0.6 is 0 Å². The van der Waals surface area contributed by atoms with Crippen molar-refractivity contribution in [2.75, 3.05) is 20.2 Å². The summed E-state index contributed by atoms with van der Waals surface area (Å²) < 4.78 is 4.93. The summed E-state index contributed by atoms with van der Waals surface area (Å²) >= 11 is 0. The minimum atomic E-state index is -1.40. The first-order valence-electron chi connectivity index (χ1n) is 12.8. The molecule has 1 aromatic heterocycles. The van der Waals surface area contributed by atoms with Crippen molar-refractivity contribution < 1.29 is 24.2 Å². The second kappa shape index (κ2) is 13.5. The van der Waals surface area contributed by atoms with E-state index >= 15 is 0 Å². The van der Waals surface area contributed by atoms with Gasteiger partial charge in [-0.25, -0.2) is 4.79 Å². The lowest BCUT2D eigenvalue weighted by atomic mass is 9.97. The minimum Gasteiger partial charge on any atom is -0.464 e. The third-order valence-electron chi connectivity index (χ3n) is 5.97. The van der Waals surface area contributed by atoms with Crippen molar-refractivity contribution in [3.63, 3.8) is 0 Å². The van der Waals surface area contributed by atoms with Gasteiger partial charge in [-0.1, -0.05) is 68.4 Å². The topological polar surface area (TPSA) is 125 Å². The van der Waals surface area contributed by atoms with Gasteiger partial charge in [0.15, 0.2) is 11.8 Å². The van der Waals surface area contributed by atoms with Gasteiger partial charge in [0.2, 0.25) is 0 Å². The fourth-order valence-corrected chi connectivity index (χ4v) is 4.18. The van der Waals surface area contributed by atoms with E-state index in [2.05, 4.69) is 15.5 Å². The molecule has 0 aliphatic carbocycles. The molecule has 2 aromatic carbocycles. The molecule has 0 unspecified atom stereocenters. The third kappa shape index (κ3) is 8.01. The highest BCUT2D eigenvalue weighted by Gasteiger charge is 2.25. The van der Waals surface area contributed by atoms with Crippen molar-refractivity contribution in [2.45, 2.75) is 45.8 Å². The van der Waals surface area contributed by atoms with Crippen molar-refractivity contribution in [3.05, 3.63) is 77.6 Å². The van der Waals surface area contributed by atoms with E-state index in [-0.39, 0.29) is 30.3 Å². The van der Waals surface area contributed by atoms with Gasteiger partial charge in [0.05, 0.1) is 6.61 Å². The lowest BCUT2D eigenvalue weighted by Crippen LogP contribution is -2.41. The minimum absolute atomic E-state index is 0.0396. The van der Waals surface area contributed by atoms with E-state index in [0.717, 1.165) is 16.7 Å². The number of hydrogen-bond donors (Lipinski definition) is 3. The van der Waals surface area contributed by atoms with Crippen LogP contribution in [0.1, 0.15) is 53.7 Å². The molecule has 0 radical (unpaired) electrons. The number of esters is 1. The number of hydrogen-bond acceptors (Lipinski definition) is 6. The number of nitrogens with zero attached hydrogens (tertiary/aromatic N) is 2. The fourth-order valence-electron chi connectivity index (χ4n) is 4.18. The number of aromatic nitrogens is 2. The number of aliphatic hydroxyl groups is 1. The van der Waals surface area contributed by atoms with Gasteiger partial charge in [-0.3, -0.25) is 14.7 Å². The molecule has 2 amide bonds. The second-order valence-corrected chi connectivity index (χ2v) is 9.69. The molecule has 3 N–H and O–H groups in total. The molecule has 202 valence electrons. The molecule has 0 aliphatic heterocycles. The summed E-state index contributed by atoms with van der Waals surface area (Å²) in [4.78, 5) is 39.3. The van der Waals surface area contributed by atoms with Crippen molar-refractivity contribution in [2.24, 2.45) is 5.92 Å². The Labute approximate surface area is 223 Å². The number of ether oxygens (including phenoxy) is 1. The number of carbonyl (C=O) groups is 3. The molecule has 0 aliphatic rings. The van der Waals surface area contributed by atoms with Gasteiger partial charge in [0.25, 0.3) is 11.8 Å². The Hall–Kier alpha value is -3.98. The van der Waals surface area contributed by atoms with Crippen LogP contribution < -0.4 is 5.32 Å². The summed E-state index contributed by atoms with van der Waals surface area (Å²) in [6, 6.07) is 18.7. The Kier molecular flexibility index (Phi) is 10.2. The van der Waals surface area contributed by atoms with Crippen molar-refractivity contribution in [3.8, 4) is 11.1 Å². The van der Waals surface area contributed by atoms with Crippen LogP contribution in [0.4, 0.5) is 0 Å². The molecule has 0 spiro atoms. The molecule has 0 saturated carbocycles. The zero-order valence-electron chi connectivity index (χ0n) is 22.3. The highest BCUT2D eigenvalue weighted by atomic mass is 16.5. The smallest absolute Gasteiger partial charge is 0.335 e. The van der Waals surface area contributed by atoms with Crippen LogP contribution in [0.3, 0.4) is 0 Å². The van der Waals surface area contributed by atoms with Gasteiger partial charge in [-0.15, -0.1) is 0 Å². The summed E-state index contributed by atoms with van der Waals surface area (Å²) in [6.07, 6.45) is -1.07. The zero-order valence-corrected chi connectivity index (χ0v) is 22.3. The first-order chi connectivity index (χ1) is 18.2. The molecule has 3 aromatic rings. The van der Waals surface area contributed by atoms with Crippen molar-refractivity contribution in [1.82, 2.24) is 20.4 Å². The summed E-state index contributed by atoms with van der Waals surface area (Å²) in [5.41, 5.74) is 3.31. The van der Waals surface area contributed by atoms with Crippen LogP contribution in [0.25, 0.3) is 11.1 Å². The number of amides is 2. The van der Waals surface area contributed by atoms with Crippen LogP contribution in [-0.2, 0) is 16.0 Å². The number of aromatic amines is 1. The molecule has 9 nitrogen and oxygen atoms in total. The predicted octanol–water partition coefficient (Wildman–Crippen LogP) is 3.46. The predicted molar refractivity (Wildman–Crippen MR) is 144 cm³/mol. The van der Waals surface area contributed by atoms with E-state index in [0.29, 0.717) is 18.9 Å². The Morgan fingerprint density at radius 3 is 2.34 bits per heavy atom. The highest BCUT2D eigenvalue weighted by Crippen LogP contribution is 2.20. The van der Waals surface area contributed by atoms with Gasteiger partial charge < -0.3 is 20.1 Å². The fraction of sp³-hybridized carbons (Fsp3) is 0.379. The maximum Gasteiger partial charge on any atom is 0.335 e. The van der Waals surface area contributed by atoms with E-state index in [1.165, 1.54) is 6.07 Å². The molecule has 0 saturated heterocycles. The number of rotatable bonds is 12. The molecule has 3 rings (SSSR count). The molecule has 0 fully saturated rings. The maximum atomic E-state index is 13.0. The lowest BCUT2D eigenvalue weighted by Gasteiger charge is -2.21. The van der Waals surface area contributed by atoms with Crippen LogP contribution in [0.2, 0.25) is 0 Å². The quantitative estimate of drug-likeness (QED) is 0.314. The number of carbonyl (C=O) groups excluding carboxylic acids is 3. The van der Waals surface area contributed by atoms with Gasteiger partial charge in [-0.05, 0) is 36.0 Å². The number of nitrogens with one attached hydrogen (secondary N) is 2. The Bertz CT molecular complexity index is 1210. The third-order valence-corrected chi connectivity index (χ3v) is 5.97. The zero-order chi connectivity index (χ0) is 27.7. The summed E-state index contributed by atoms with van der Waals surface area (Å²) in [5.74, 6) is -1.24. The molecule has 38 heavy (non-hydrogen) atoms. The monoisotopic (exact) mass is 520 g/mol. The maximum absolute atomic E-state index is 13.0. The van der Waals surface area contributed by atoms with Crippen molar-refractivity contribution in [1.29, 1.82) is 0 Å². The first-order valence-corrected chi connectivity index (χ1v) is 12.8. The number of benzene rings is 2. The molecule has 2 atom stereocenters. The normalized spacial score (nSPS) is 12.6. The van der Waals surface area contributed by atoms with Crippen LogP contribution in [0, 0.1) is 5.92 Å². The first kappa shape index (κ1) is 28.6. The Morgan fingerprint density at radius 2 is 1.71 bits per heavy atom. The highest BCUT2D eigenvalue weighted by molar-refractivity contribution is 5.97. The average molecular weight is 521 g/mol. The van der Waals surface area contributed by atoms with Gasteiger partial charge >= 0.3 is 5.97 Å². The molecular formula is C29H36N4O5. The van der Waals surface area contributed by atoms with Crippen LogP contribution in [0.5, 0.6) is 0 Å². The summed E-state index contributed by atoms with van der Waals surface area (Å²) in [5, 5.41) is 19.9. The second-order valence-electron chi connectivity index (χ2n) is 9.69. The molecular weight excluding hydrogens is 484 g/mol. The van der Waals surface area contributed by atoms with Crippen molar-refractivity contribution >= 4 is 17.8 Å². The van der Waals surface area contributed by atoms with Gasteiger partial charge in [0.1, 0.15) is 5.69 Å². The molecule has 0 bridgehead atoms. The van der Waals surface area contributed by atoms with Gasteiger partial charge in [0, 0.05) is 32.1 Å². The number of aliphatic hydroxyl groups excluding tert-OH is 1. The van der Waals surface area contributed by atoms with Crippen LogP contribution in [0.15, 0.2) is 60.7 Å². The number of H-pyrrole nitrogens is 1. The van der Waals surface area contributed by atoms with E-state index in [1.54, 1.807) is 18.9 Å². The van der Waals surface area contributed by atoms with Crippen LogP contribution in [-0.4, -0.2) is 70.3 Å². The van der Waals surface area contributed by atoms with Gasteiger partial charge in [-0.2, -0.15) is 5.10 Å². The Morgan fingerprint density at radius 1 is 1.05 bits per heavy atom. The SMILES string of the molecule is CCOC(=O)[C@@H](O)C[C@@H](Cc1ccc(-c2ccccc2)cc1)NC(=O)c1cc(C(=O)N(C)CC(C)C)n[nH]1. The molecule has 1 heterocycles. The lowest BCUT2D eigenvalue weighted by molar-refractivity contribution is -0.153. The van der Waals surface area contributed by atoms with E-state index in [1.807, 2.05) is 68.4 Å². The standard InChI is InChI=1S/C29H36N4O5/c1-5-38-29(37)26(34)16-23(15-20-11-13-22(14-12-20)21-9-7-6-8-10-21)30-27(35)24-17-25(32-31-24)28(36)33(4)18-19(2)3/h6-14,17,19,23,26,34H,5,15-16,18H2,1-4H3,(H,30,35)(H,31,32)/t23-,26+/m1/s1. The largest absolute Gasteiger partial charge is 0.464 e. The molecule has 9 heteroatoms. The van der Waals surface area contributed by atoms with E-state index in [4.69, 9.17) is 4.74 Å².